The molecule has 0 spiro atoms. The number of hydrogen-bond donors (Lipinski definition) is 0. The Morgan fingerprint density at radius 3 is 1.33 bits per heavy atom. The molecule has 0 amide bonds. The Balaban J connectivity index is 5.03. The van der Waals surface area contributed by atoms with E-state index in [-0.39, 0.29) is 0 Å². The van der Waals surface area contributed by atoms with E-state index in [0.717, 1.165) is 26.2 Å². The maximum atomic E-state index is 2.50. The summed E-state index contributed by atoms with van der Waals surface area (Å²) in [5, 5.41) is 1.64. The molecule has 0 unspecified atom stereocenters. The maximum absolute atomic E-state index is 2.50. The van der Waals surface area contributed by atoms with Crippen LogP contribution in [0, 0.1) is 0 Å². The monoisotopic (exact) mass is 228 g/mol. The summed E-state index contributed by atoms with van der Waals surface area (Å²) in [5.74, 6) is 1.51. The van der Waals surface area contributed by atoms with Gasteiger partial charge in [-0.05, 0) is 34.1 Å². The third-order valence-electron chi connectivity index (χ3n) is 3.04. The van der Waals surface area contributed by atoms with Crippen molar-refractivity contribution in [2.24, 2.45) is 0 Å². The molecular weight excluding hydrogens is 200 g/mol. The van der Waals surface area contributed by atoms with E-state index in [2.05, 4.69) is 44.4 Å². The minimum Gasteiger partial charge on any atom is -0.359 e. The second kappa shape index (κ2) is 7.80. The van der Waals surface area contributed by atoms with Gasteiger partial charge in [0.25, 0.3) is 0 Å². The van der Waals surface area contributed by atoms with Gasteiger partial charge < -0.3 is 9.80 Å². The van der Waals surface area contributed by atoms with E-state index in [0.29, 0.717) is 0 Å². The summed E-state index contributed by atoms with van der Waals surface area (Å²) in [6.07, 6.45) is 1.20. The first-order chi connectivity index (χ1) is 7.15. The van der Waals surface area contributed by atoms with Crippen LogP contribution in [0.2, 0.25) is 0 Å². The number of nitrogens with zero attached hydrogens (tertiary/aromatic N) is 2. The number of rotatable bonds is 7. The lowest BCUT2D eigenvalue weighted by molar-refractivity contribution is 0.232. The molecule has 3 heteroatoms. The lowest BCUT2D eigenvalue weighted by atomic mass is 10.3. The van der Waals surface area contributed by atoms with Gasteiger partial charge in [0, 0.05) is 36.4 Å². The Morgan fingerprint density at radius 2 is 1.13 bits per heavy atom. The highest BCUT2D eigenvalue weighted by molar-refractivity contribution is 6.21. The SMILES string of the molecule is CCC([SiH3])=C(N(CC)CC)N(CC)CC. The van der Waals surface area contributed by atoms with Crippen molar-refractivity contribution >= 4 is 10.2 Å². The molecule has 0 rings (SSSR count). The Kier molecular flexibility index (Phi) is 7.57. The van der Waals surface area contributed by atoms with Gasteiger partial charge >= 0.3 is 0 Å². The average Bonchev–Trinajstić information content (AvgIpc) is 2.28. The first-order valence-electron chi connectivity index (χ1n) is 6.35. The zero-order chi connectivity index (χ0) is 11.8. The van der Waals surface area contributed by atoms with Gasteiger partial charge in [-0.15, -0.1) is 0 Å². The molecule has 0 fully saturated rings. The lowest BCUT2D eigenvalue weighted by Crippen LogP contribution is -2.36. The van der Waals surface area contributed by atoms with Crippen LogP contribution in [0.4, 0.5) is 0 Å². The molecule has 2 nitrogen and oxygen atoms in total. The summed E-state index contributed by atoms with van der Waals surface area (Å²) >= 11 is 0. The Hall–Kier alpha value is -0.443. The van der Waals surface area contributed by atoms with Crippen molar-refractivity contribution in [2.75, 3.05) is 26.2 Å². The molecule has 90 valence electrons. The lowest BCUT2D eigenvalue weighted by Gasteiger charge is -2.35. The van der Waals surface area contributed by atoms with Crippen molar-refractivity contribution in [2.45, 2.75) is 41.0 Å². The van der Waals surface area contributed by atoms with Crippen LogP contribution in [0.25, 0.3) is 0 Å². The van der Waals surface area contributed by atoms with Crippen molar-refractivity contribution in [1.82, 2.24) is 9.80 Å². The second-order valence-electron chi connectivity index (χ2n) is 3.80. The van der Waals surface area contributed by atoms with Crippen LogP contribution in [0.1, 0.15) is 41.0 Å². The van der Waals surface area contributed by atoms with Gasteiger partial charge in [0.15, 0.2) is 0 Å². The van der Waals surface area contributed by atoms with E-state index in [1.54, 1.807) is 5.20 Å². The van der Waals surface area contributed by atoms with Crippen LogP contribution in [0.15, 0.2) is 11.0 Å². The molecule has 0 aliphatic rings. The molecule has 0 aromatic heterocycles. The van der Waals surface area contributed by atoms with Crippen molar-refractivity contribution in [1.29, 1.82) is 0 Å². The zero-order valence-electron chi connectivity index (χ0n) is 11.4. The molecule has 0 aromatic carbocycles. The van der Waals surface area contributed by atoms with E-state index in [4.69, 9.17) is 0 Å². The molecule has 0 aliphatic carbocycles. The molecule has 0 N–H and O–H groups in total. The quantitative estimate of drug-likeness (QED) is 0.611. The third-order valence-corrected chi connectivity index (χ3v) is 4.19. The minimum absolute atomic E-state index is 1.12. The summed E-state index contributed by atoms with van der Waals surface area (Å²) in [6.45, 7) is 15.7. The molecule has 0 radical (unpaired) electrons. The van der Waals surface area contributed by atoms with Gasteiger partial charge in [0.2, 0.25) is 0 Å². The van der Waals surface area contributed by atoms with Crippen molar-refractivity contribution in [3.63, 3.8) is 0 Å². The molecule has 0 bridgehead atoms. The highest BCUT2D eigenvalue weighted by Crippen LogP contribution is 2.15. The molecule has 0 aliphatic heterocycles. The minimum atomic E-state index is 1.12. The van der Waals surface area contributed by atoms with E-state index in [9.17, 15) is 0 Å². The maximum Gasteiger partial charge on any atom is 0.0980 e. The molecular formula is C12H28N2Si. The largest absolute Gasteiger partial charge is 0.359 e. The highest BCUT2D eigenvalue weighted by Gasteiger charge is 2.13. The van der Waals surface area contributed by atoms with E-state index < -0.39 is 0 Å². The predicted octanol–water partition coefficient (Wildman–Crippen LogP) is 1.61. The predicted molar refractivity (Wildman–Crippen MR) is 73.1 cm³/mol. The molecule has 0 aromatic rings. The molecule has 0 saturated carbocycles. The summed E-state index contributed by atoms with van der Waals surface area (Å²) in [5.41, 5.74) is 0. The fraction of sp³-hybridized carbons (Fsp3) is 0.833. The average molecular weight is 228 g/mol. The van der Waals surface area contributed by atoms with Crippen molar-refractivity contribution < 1.29 is 0 Å². The van der Waals surface area contributed by atoms with Gasteiger partial charge in [-0.25, -0.2) is 0 Å². The molecule has 15 heavy (non-hydrogen) atoms. The van der Waals surface area contributed by atoms with Gasteiger partial charge in [-0.3, -0.25) is 0 Å². The smallest absolute Gasteiger partial charge is 0.0980 e. The van der Waals surface area contributed by atoms with Crippen LogP contribution in [0.3, 0.4) is 0 Å². The topological polar surface area (TPSA) is 6.48 Å². The van der Waals surface area contributed by atoms with E-state index in [1.807, 2.05) is 0 Å². The fourth-order valence-electron chi connectivity index (χ4n) is 1.94. The van der Waals surface area contributed by atoms with E-state index >= 15 is 0 Å². The van der Waals surface area contributed by atoms with Crippen LogP contribution < -0.4 is 0 Å². The van der Waals surface area contributed by atoms with Crippen molar-refractivity contribution in [3.05, 3.63) is 11.0 Å². The molecule has 0 heterocycles. The van der Waals surface area contributed by atoms with Gasteiger partial charge in [-0.2, -0.15) is 0 Å². The zero-order valence-corrected chi connectivity index (χ0v) is 13.4. The summed E-state index contributed by atoms with van der Waals surface area (Å²) in [4.78, 5) is 5.00. The van der Waals surface area contributed by atoms with Gasteiger partial charge in [0.05, 0.1) is 5.82 Å². The Bertz CT molecular complexity index is 180. The van der Waals surface area contributed by atoms with Gasteiger partial charge in [0.1, 0.15) is 0 Å². The van der Waals surface area contributed by atoms with Crippen molar-refractivity contribution in [3.8, 4) is 0 Å². The number of allylic oxidation sites excluding steroid dienone is 1. The third kappa shape index (κ3) is 3.90. The summed E-state index contributed by atoms with van der Waals surface area (Å²) < 4.78 is 0. The number of hydrogen-bond acceptors (Lipinski definition) is 2. The van der Waals surface area contributed by atoms with Crippen LogP contribution in [0.5, 0.6) is 0 Å². The Labute approximate surface area is 98.8 Å². The first-order valence-corrected chi connectivity index (χ1v) is 7.35. The fourth-order valence-corrected chi connectivity index (χ4v) is 2.58. The first kappa shape index (κ1) is 14.6. The highest BCUT2D eigenvalue weighted by atomic mass is 28.1. The van der Waals surface area contributed by atoms with Crippen LogP contribution >= 0.6 is 0 Å². The van der Waals surface area contributed by atoms with Crippen LogP contribution in [-0.2, 0) is 0 Å². The van der Waals surface area contributed by atoms with E-state index in [1.165, 1.54) is 22.5 Å². The second-order valence-corrected chi connectivity index (χ2v) is 5.01. The normalized spacial score (nSPS) is 10.2. The standard InChI is InChI=1S/C12H28N2Si/c1-6-11(15)12(13(7-2)8-3)14(9-4)10-5/h6-10H2,1-5,15H3. The Morgan fingerprint density at radius 1 is 0.800 bits per heavy atom. The molecule has 0 atom stereocenters. The summed E-state index contributed by atoms with van der Waals surface area (Å²) in [6, 6.07) is 0. The van der Waals surface area contributed by atoms with Gasteiger partial charge in [-0.1, -0.05) is 12.1 Å². The van der Waals surface area contributed by atoms with Crippen LogP contribution in [-0.4, -0.2) is 46.2 Å². The molecule has 0 saturated heterocycles. The summed E-state index contributed by atoms with van der Waals surface area (Å²) in [7, 11) is 1.18.